The van der Waals surface area contributed by atoms with Crippen LogP contribution in [0.15, 0.2) is 29.2 Å². The van der Waals surface area contributed by atoms with E-state index < -0.39 is 10.0 Å². The van der Waals surface area contributed by atoms with E-state index in [4.69, 9.17) is 4.74 Å². The molecule has 2 heterocycles. The third-order valence-corrected chi connectivity index (χ3v) is 6.97. The van der Waals surface area contributed by atoms with E-state index in [-0.39, 0.29) is 6.54 Å². The molecule has 1 saturated heterocycles. The van der Waals surface area contributed by atoms with Crippen molar-refractivity contribution in [3.05, 3.63) is 41.2 Å². The molecule has 0 atom stereocenters. The van der Waals surface area contributed by atoms with Crippen molar-refractivity contribution in [2.45, 2.75) is 37.5 Å². The van der Waals surface area contributed by atoms with E-state index in [9.17, 15) is 8.42 Å². The highest BCUT2D eigenvalue weighted by Crippen LogP contribution is 2.24. The molecule has 2 N–H and O–H groups in total. The number of rotatable bonds is 7. The Hall–Kier alpha value is -2.23. The maximum atomic E-state index is 12.7. The van der Waals surface area contributed by atoms with Crippen LogP contribution in [0.2, 0.25) is 0 Å². The number of hydrogen-bond acceptors (Lipinski definition) is 7. The molecule has 1 aromatic heterocycles. The van der Waals surface area contributed by atoms with E-state index >= 15 is 0 Å². The highest BCUT2D eigenvalue weighted by molar-refractivity contribution is 7.89. The molecule has 9 heteroatoms. The van der Waals surface area contributed by atoms with Gasteiger partial charge in [-0.25, -0.2) is 23.1 Å². The molecule has 30 heavy (non-hydrogen) atoms. The Bertz CT molecular complexity index is 990. The normalized spacial score (nSPS) is 16.9. The van der Waals surface area contributed by atoms with E-state index in [0.717, 1.165) is 43.7 Å². The number of fused-ring (bicyclic) bond motifs is 1. The topological polar surface area (TPSA) is 96.5 Å². The van der Waals surface area contributed by atoms with Crippen LogP contribution in [0.25, 0.3) is 0 Å². The fraction of sp³-hybridized carbons (Fsp3) is 0.524. The third kappa shape index (κ3) is 5.08. The second kappa shape index (κ2) is 9.28. The fourth-order valence-electron chi connectivity index (χ4n) is 3.93. The van der Waals surface area contributed by atoms with Gasteiger partial charge in [0.05, 0.1) is 18.1 Å². The number of sulfonamides is 1. The number of anilines is 2. The van der Waals surface area contributed by atoms with Crippen molar-refractivity contribution >= 4 is 21.7 Å². The average Bonchev–Trinajstić information content (AvgIpc) is 2.77. The van der Waals surface area contributed by atoms with Crippen LogP contribution in [0.4, 0.5) is 11.6 Å². The summed E-state index contributed by atoms with van der Waals surface area (Å²) < 4.78 is 33.4. The zero-order valence-electron chi connectivity index (χ0n) is 17.4. The highest BCUT2D eigenvalue weighted by Gasteiger charge is 2.18. The van der Waals surface area contributed by atoms with Crippen molar-refractivity contribution in [1.29, 1.82) is 0 Å². The van der Waals surface area contributed by atoms with Crippen LogP contribution < -0.4 is 14.9 Å². The predicted octanol–water partition coefficient (Wildman–Crippen LogP) is 1.89. The zero-order chi connectivity index (χ0) is 21.0. The van der Waals surface area contributed by atoms with E-state index in [0.29, 0.717) is 36.3 Å². The molecule has 162 valence electrons. The lowest BCUT2D eigenvalue weighted by atomic mass is 9.92. The maximum absolute atomic E-state index is 12.7. The molecule has 0 unspecified atom stereocenters. The van der Waals surface area contributed by atoms with E-state index in [2.05, 4.69) is 24.9 Å². The molecule has 0 amide bonds. The SMILES string of the molecule is Cc1nc(NCCNS(=O)(=O)c2ccc3c(c2)CCCC3)cc(N2CCOCC2)n1. The lowest BCUT2D eigenvalue weighted by molar-refractivity contribution is 0.122. The summed E-state index contributed by atoms with van der Waals surface area (Å²) >= 11 is 0. The van der Waals surface area contributed by atoms with Crippen LogP contribution in [0.3, 0.4) is 0 Å². The zero-order valence-corrected chi connectivity index (χ0v) is 18.2. The van der Waals surface area contributed by atoms with Gasteiger partial charge in [-0.15, -0.1) is 0 Å². The smallest absolute Gasteiger partial charge is 0.240 e. The number of nitrogens with one attached hydrogen (secondary N) is 2. The summed E-state index contributed by atoms with van der Waals surface area (Å²) in [5, 5.41) is 3.20. The molecular weight excluding hydrogens is 402 g/mol. The minimum absolute atomic E-state index is 0.273. The second-order valence-corrected chi connectivity index (χ2v) is 9.49. The van der Waals surface area contributed by atoms with Crippen LogP contribution in [0.1, 0.15) is 29.8 Å². The number of morpholine rings is 1. The van der Waals surface area contributed by atoms with Crippen molar-refractivity contribution < 1.29 is 13.2 Å². The number of aromatic nitrogens is 2. The highest BCUT2D eigenvalue weighted by atomic mass is 32.2. The first-order chi connectivity index (χ1) is 14.5. The molecule has 0 spiro atoms. The molecule has 2 aliphatic rings. The molecule has 1 fully saturated rings. The van der Waals surface area contributed by atoms with Crippen LogP contribution >= 0.6 is 0 Å². The van der Waals surface area contributed by atoms with Crippen molar-refractivity contribution in [2.75, 3.05) is 49.6 Å². The molecule has 2 aromatic rings. The molecule has 0 saturated carbocycles. The first-order valence-corrected chi connectivity index (χ1v) is 12.0. The summed E-state index contributed by atoms with van der Waals surface area (Å²) in [6.45, 7) is 5.55. The minimum Gasteiger partial charge on any atom is -0.378 e. The third-order valence-electron chi connectivity index (χ3n) is 5.51. The maximum Gasteiger partial charge on any atom is 0.240 e. The van der Waals surface area contributed by atoms with Crippen LogP contribution in [0.5, 0.6) is 0 Å². The van der Waals surface area contributed by atoms with E-state index in [1.54, 1.807) is 6.07 Å². The number of ether oxygens (including phenoxy) is 1. The minimum atomic E-state index is -3.53. The van der Waals surface area contributed by atoms with Crippen molar-refractivity contribution in [3.8, 4) is 0 Å². The summed E-state index contributed by atoms with van der Waals surface area (Å²) in [6, 6.07) is 7.39. The van der Waals surface area contributed by atoms with Crippen molar-refractivity contribution in [3.63, 3.8) is 0 Å². The van der Waals surface area contributed by atoms with Crippen LogP contribution in [-0.4, -0.2) is 57.8 Å². The van der Waals surface area contributed by atoms with Gasteiger partial charge < -0.3 is 15.0 Å². The van der Waals surface area contributed by atoms with Gasteiger partial charge in [0.2, 0.25) is 10.0 Å². The van der Waals surface area contributed by atoms with Gasteiger partial charge in [0, 0.05) is 32.2 Å². The molecule has 4 rings (SSSR count). The lowest BCUT2D eigenvalue weighted by Gasteiger charge is -2.28. The molecule has 0 bridgehead atoms. The van der Waals surface area contributed by atoms with Gasteiger partial charge in [0.25, 0.3) is 0 Å². The second-order valence-electron chi connectivity index (χ2n) is 7.72. The number of aryl methyl sites for hydroxylation is 3. The van der Waals surface area contributed by atoms with Gasteiger partial charge >= 0.3 is 0 Å². The Morgan fingerprint density at radius 1 is 1.03 bits per heavy atom. The first kappa shape index (κ1) is 21.0. The Morgan fingerprint density at radius 3 is 2.60 bits per heavy atom. The monoisotopic (exact) mass is 431 g/mol. The van der Waals surface area contributed by atoms with Gasteiger partial charge in [-0.3, -0.25) is 0 Å². The van der Waals surface area contributed by atoms with Gasteiger partial charge in [-0.05, 0) is 55.9 Å². The van der Waals surface area contributed by atoms with Gasteiger partial charge in [-0.1, -0.05) is 6.07 Å². The Labute approximate surface area is 178 Å². The summed E-state index contributed by atoms with van der Waals surface area (Å²) in [7, 11) is -3.53. The molecule has 1 aliphatic carbocycles. The molecule has 1 aliphatic heterocycles. The number of benzene rings is 1. The number of hydrogen-bond donors (Lipinski definition) is 2. The average molecular weight is 432 g/mol. The molecular formula is C21H29N5O3S. The van der Waals surface area contributed by atoms with Gasteiger partial charge in [0.1, 0.15) is 17.5 Å². The lowest BCUT2D eigenvalue weighted by Crippen LogP contribution is -2.37. The summed E-state index contributed by atoms with van der Waals surface area (Å²) in [5.74, 6) is 2.23. The Morgan fingerprint density at radius 2 is 1.80 bits per heavy atom. The first-order valence-electron chi connectivity index (χ1n) is 10.5. The quantitative estimate of drug-likeness (QED) is 0.646. The summed E-state index contributed by atoms with van der Waals surface area (Å²) in [6.07, 6.45) is 4.30. The molecule has 0 radical (unpaired) electrons. The van der Waals surface area contributed by atoms with Crippen molar-refractivity contribution in [2.24, 2.45) is 0 Å². The van der Waals surface area contributed by atoms with E-state index in [1.807, 2.05) is 25.1 Å². The summed E-state index contributed by atoms with van der Waals surface area (Å²) in [4.78, 5) is 11.4. The van der Waals surface area contributed by atoms with Gasteiger partial charge in [-0.2, -0.15) is 0 Å². The summed E-state index contributed by atoms with van der Waals surface area (Å²) in [5.41, 5.74) is 2.44. The molecule has 8 nitrogen and oxygen atoms in total. The van der Waals surface area contributed by atoms with Crippen LogP contribution in [-0.2, 0) is 27.6 Å². The Balaban J connectivity index is 1.34. The standard InChI is InChI=1S/C21H29N5O3S/c1-16-24-20(15-21(25-16)26-10-12-29-13-11-26)22-8-9-23-30(27,28)19-7-6-17-4-2-3-5-18(17)14-19/h6-7,14-15,23H,2-5,8-13H2,1H3,(H,22,24,25). The van der Waals surface area contributed by atoms with Crippen molar-refractivity contribution in [1.82, 2.24) is 14.7 Å². The Kier molecular flexibility index (Phi) is 6.50. The number of nitrogens with zero attached hydrogens (tertiary/aromatic N) is 3. The molecule has 1 aromatic carbocycles. The van der Waals surface area contributed by atoms with Gasteiger partial charge in [0.15, 0.2) is 0 Å². The largest absolute Gasteiger partial charge is 0.378 e. The predicted molar refractivity (Wildman–Crippen MR) is 117 cm³/mol. The fourth-order valence-corrected chi connectivity index (χ4v) is 5.02. The van der Waals surface area contributed by atoms with E-state index in [1.165, 1.54) is 12.0 Å². The van der Waals surface area contributed by atoms with Crippen LogP contribution in [0, 0.1) is 6.92 Å².